The highest BCUT2D eigenvalue weighted by molar-refractivity contribution is 6.45. The topological polar surface area (TPSA) is 96.0 Å². The van der Waals surface area contributed by atoms with Gasteiger partial charge in [-0.2, -0.15) is 8.78 Å². The number of hydrogen-bond acceptors (Lipinski definition) is 5. The molecule has 1 aromatic carbocycles. The number of rotatable bonds is 9. The number of hydrogen-bond donors (Lipinski definition) is 1. The number of nitrogens with one attached hydrogen (secondary N) is 1. The van der Waals surface area contributed by atoms with Gasteiger partial charge in [0.05, 0.1) is 0 Å². The van der Waals surface area contributed by atoms with Crippen molar-refractivity contribution in [2.45, 2.75) is 26.4 Å². The minimum Gasteiger partial charge on any atom is -0.435 e. The molecule has 0 spiro atoms. The summed E-state index contributed by atoms with van der Waals surface area (Å²) in [7, 11) is 0. The Hall–Kier alpha value is -3.04. The van der Waals surface area contributed by atoms with Gasteiger partial charge in [-0.1, -0.05) is 19.1 Å². The maximum absolute atomic E-state index is 12.1. The van der Waals surface area contributed by atoms with E-state index in [1.54, 1.807) is 19.1 Å². The third-order valence-corrected chi connectivity index (χ3v) is 3.77. The Morgan fingerprint density at radius 3 is 2.33 bits per heavy atom. The number of amides is 5. The van der Waals surface area contributed by atoms with Crippen molar-refractivity contribution in [3.05, 3.63) is 29.8 Å². The lowest BCUT2D eigenvalue weighted by molar-refractivity contribution is -0.144. The van der Waals surface area contributed by atoms with Crippen LogP contribution < -0.4 is 10.1 Å². The van der Waals surface area contributed by atoms with Crippen LogP contribution in [-0.2, 0) is 20.8 Å². The molecule has 10 heteroatoms. The number of imide groups is 2. The van der Waals surface area contributed by atoms with Crippen LogP contribution in [0.5, 0.6) is 5.75 Å². The first kappa shape index (κ1) is 20.3. The first-order valence-corrected chi connectivity index (χ1v) is 8.31. The molecule has 0 aliphatic carbocycles. The Labute approximate surface area is 154 Å². The SMILES string of the molecule is CCCN1C(=O)C(=O)N(CC(=O)NCCc2ccc(OC(F)F)cc2)C1=O. The number of halogens is 2. The first-order chi connectivity index (χ1) is 12.8. The van der Waals surface area contributed by atoms with Gasteiger partial charge in [0.15, 0.2) is 0 Å². The van der Waals surface area contributed by atoms with Gasteiger partial charge in [0.1, 0.15) is 12.3 Å². The van der Waals surface area contributed by atoms with E-state index in [9.17, 15) is 28.0 Å². The molecule has 1 fully saturated rings. The normalized spacial score (nSPS) is 14.3. The van der Waals surface area contributed by atoms with Crippen molar-refractivity contribution in [2.24, 2.45) is 0 Å². The number of carbonyl (C=O) groups is 4. The minimum atomic E-state index is -2.90. The van der Waals surface area contributed by atoms with Gasteiger partial charge in [-0.15, -0.1) is 0 Å². The Morgan fingerprint density at radius 1 is 1.11 bits per heavy atom. The van der Waals surface area contributed by atoms with Gasteiger partial charge in [0.2, 0.25) is 5.91 Å². The van der Waals surface area contributed by atoms with Crippen LogP contribution >= 0.6 is 0 Å². The van der Waals surface area contributed by atoms with Crippen LogP contribution in [0.3, 0.4) is 0 Å². The molecule has 2 rings (SSSR count). The largest absolute Gasteiger partial charge is 0.435 e. The molecule has 146 valence electrons. The maximum atomic E-state index is 12.1. The second-order valence-corrected chi connectivity index (χ2v) is 5.75. The minimum absolute atomic E-state index is 0.0325. The zero-order chi connectivity index (χ0) is 20.0. The Balaban J connectivity index is 1.80. The van der Waals surface area contributed by atoms with Crippen molar-refractivity contribution in [3.63, 3.8) is 0 Å². The highest BCUT2D eigenvalue weighted by atomic mass is 19.3. The molecule has 0 bridgehead atoms. The summed E-state index contributed by atoms with van der Waals surface area (Å²) in [5.74, 6) is -2.50. The predicted octanol–water partition coefficient (Wildman–Crippen LogP) is 1.15. The van der Waals surface area contributed by atoms with Crippen molar-refractivity contribution in [3.8, 4) is 5.75 Å². The summed E-state index contributed by atoms with van der Waals surface area (Å²) < 4.78 is 28.4. The van der Waals surface area contributed by atoms with E-state index in [-0.39, 0.29) is 18.8 Å². The van der Waals surface area contributed by atoms with E-state index >= 15 is 0 Å². The Bertz CT molecular complexity index is 724. The van der Waals surface area contributed by atoms with Crippen molar-refractivity contribution in [2.75, 3.05) is 19.6 Å². The van der Waals surface area contributed by atoms with Crippen molar-refractivity contribution in [1.29, 1.82) is 0 Å². The monoisotopic (exact) mass is 383 g/mol. The van der Waals surface area contributed by atoms with Crippen molar-refractivity contribution < 1.29 is 32.7 Å². The average molecular weight is 383 g/mol. The van der Waals surface area contributed by atoms with Gasteiger partial charge in [-0.25, -0.2) is 9.69 Å². The third kappa shape index (κ3) is 5.22. The van der Waals surface area contributed by atoms with Crippen LogP contribution in [0.15, 0.2) is 24.3 Å². The zero-order valence-electron chi connectivity index (χ0n) is 14.6. The fraction of sp³-hybridized carbons (Fsp3) is 0.412. The molecule has 1 N–H and O–H groups in total. The summed E-state index contributed by atoms with van der Waals surface area (Å²) >= 11 is 0. The molecule has 0 atom stereocenters. The van der Waals surface area contributed by atoms with Crippen molar-refractivity contribution in [1.82, 2.24) is 15.1 Å². The van der Waals surface area contributed by atoms with E-state index in [1.807, 2.05) is 0 Å². The lowest BCUT2D eigenvalue weighted by atomic mass is 10.1. The van der Waals surface area contributed by atoms with Crippen LogP contribution in [0.1, 0.15) is 18.9 Å². The molecule has 1 saturated heterocycles. The van der Waals surface area contributed by atoms with Gasteiger partial charge in [-0.05, 0) is 30.5 Å². The second kappa shape index (κ2) is 9.06. The molecule has 8 nitrogen and oxygen atoms in total. The lowest BCUT2D eigenvalue weighted by Crippen LogP contribution is -2.42. The third-order valence-electron chi connectivity index (χ3n) is 3.77. The molecule has 1 aliphatic rings. The molecule has 1 heterocycles. The molecule has 1 aromatic rings. The van der Waals surface area contributed by atoms with Gasteiger partial charge >= 0.3 is 24.5 Å². The van der Waals surface area contributed by atoms with Crippen molar-refractivity contribution >= 4 is 23.8 Å². The molecular weight excluding hydrogens is 364 g/mol. The summed E-state index contributed by atoms with van der Waals surface area (Å²) in [6.07, 6.45) is 0.912. The first-order valence-electron chi connectivity index (χ1n) is 8.31. The maximum Gasteiger partial charge on any atom is 0.387 e. The quantitative estimate of drug-likeness (QED) is 0.510. The van der Waals surface area contributed by atoms with E-state index < -0.39 is 36.9 Å². The highest BCUT2D eigenvalue weighted by Crippen LogP contribution is 2.15. The van der Waals surface area contributed by atoms with Gasteiger partial charge in [0, 0.05) is 13.1 Å². The standard InChI is InChI=1S/C17H19F2N3O5/c1-2-9-21-14(24)15(25)22(17(21)26)10-13(23)20-8-7-11-3-5-12(6-4-11)27-16(18)19/h3-6,16H,2,7-10H2,1H3,(H,20,23). The summed E-state index contributed by atoms with van der Waals surface area (Å²) in [5.41, 5.74) is 0.773. The Kier molecular flexibility index (Phi) is 6.80. The van der Waals surface area contributed by atoms with Gasteiger partial charge in [0.25, 0.3) is 0 Å². The van der Waals surface area contributed by atoms with E-state index in [2.05, 4.69) is 10.1 Å². The number of nitrogens with zero attached hydrogens (tertiary/aromatic N) is 2. The number of carbonyl (C=O) groups excluding carboxylic acids is 4. The smallest absolute Gasteiger partial charge is 0.387 e. The van der Waals surface area contributed by atoms with E-state index in [4.69, 9.17) is 0 Å². The molecule has 0 radical (unpaired) electrons. The van der Waals surface area contributed by atoms with Crippen LogP contribution in [0, 0.1) is 0 Å². The molecule has 1 aliphatic heterocycles. The Morgan fingerprint density at radius 2 is 1.74 bits per heavy atom. The molecular formula is C17H19F2N3O5. The molecule has 0 aromatic heterocycles. The summed E-state index contributed by atoms with van der Waals surface area (Å²) in [6.45, 7) is -1.35. The van der Waals surface area contributed by atoms with Gasteiger partial charge in [-0.3, -0.25) is 19.3 Å². The second-order valence-electron chi connectivity index (χ2n) is 5.75. The van der Waals surface area contributed by atoms with E-state index in [0.29, 0.717) is 17.7 Å². The molecule has 0 saturated carbocycles. The number of ether oxygens (including phenoxy) is 1. The number of urea groups is 1. The highest BCUT2D eigenvalue weighted by Gasteiger charge is 2.44. The van der Waals surface area contributed by atoms with Crippen LogP contribution in [0.25, 0.3) is 0 Å². The van der Waals surface area contributed by atoms with Crippen LogP contribution in [-0.4, -0.2) is 59.8 Å². The van der Waals surface area contributed by atoms with Crippen LogP contribution in [0.2, 0.25) is 0 Å². The molecule has 27 heavy (non-hydrogen) atoms. The fourth-order valence-corrected chi connectivity index (χ4v) is 2.49. The zero-order valence-corrected chi connectivity index (χ0v) is 14.6. The average Bonchev–Trinajstić information content (AvgIpc) is 2.81. The molecule has 0 unspecified atom stereocenters. The fourth-order valence-electron chi connectivity index (χ4n) is 2.49. The van der Waals surface area contributed by atoms with Gasteiger partial charge < -0.3 is 10.1 Å². The summed E-state index contributed by atoms with van der Waals surface area (Å²) in [6, 6.07) is 5.14. The summed E-state index contributed by atoms with van der Waals surface area (Å²) in [5, 5.41) is 2.54. The predicted molar refractivity (Wildman–Crippen MR) is 88.9 cm³/mol. The van der Waals surface area contributed by atoms with E-state index in [0.717, 1.165) is 10.5 Å². The number of benzene rings is 1. The van der Waals surface area contributed by atoms with Crippen LogP contribution in [0.4, 0.5) is 13.6 Å². The lowest BCUT2D eigenvalue weighted by Gasteiger charge is -2.14. The summed E-state index contributed by atoms with van der Waals surface area (Å²) in [4.78, 5) is 48.9. The molecule has 5 amide bonds. The number of alkyl halides is 2. The van der Waals surface area contributed by atoms with E-state index in [1.165, 1.54) is 12.1 Å².